The maximum atomic E-state index is 12.8. The van der Waals surface area contributed by atoms with Gasteiger partial charge in [-0.15, -0.1) is 0 Å². The van der Waals surface area contributed by atoms with Gasteiger partial charge in [0.15, 0.2) is 0 Å². The predicted octanol–water partition coefficient (Wildman–Crippen LogP) is 2.58. The second-order valence-corrected chi connectivity index (χ2v) is 8.31. The third-order valence-corrected chi connectivity index (χ3v) is 4.51. The first-order valence-corrected chi connectivity index (χ1v) is 10.1. The number of halogens is 3. The molecule has 2 unspecified atom stereocenters. The van der Waals surface area contributed by atoms with Crippen molar-refractivity contribution in [2.45, 2.75) is 51.6 Å². The molecule has 1 heterocycles. The lowest BCUT2D eigenvalue weighted by Crippen LogP contribution is -2.47. The van der Waals surface area contributed by atoms with Crippen LogP contribution < -0.4 is 10.6 Å². The van der Waals surface area contributed by atoms with Crippen molar-refractivity contribution in [2.24, 2.45) is 0 Å². The van der Waals surface area contributed by atoms with E-state index in [4.69, 9.17) is 9.47 Å². The molecule has 1 fully saturated rings. The van der Waals surface area contributed by atoms with E-state index in [0.29, 0.717) is 12.7 Å². The average molecular weight is 459 g/mol. The summed E-state index contributed by atoms with van der Waals surface area (Å²) in [4.78, 5) is 38.2. The van der Waals surface area contributed by atoms with Gasteiger partial charge in [-0.25, -0.2) is 4.79 Å². The lowest BCUT2D eigenvalue weighted by Gasteiger charge is -2.24. The van der Waals surface area contributed by atoms with Crippen molar-refractivity contribution in [3.05, 3.63) is 35.4 Å². The van der Waals surface area contributed by atoms with Crippen LogP contribution in [0.3, 0.4) is 0 Å². The van der Waals surface area contributed by atoms with Gasteiger partial charge in [-0.3, -0.25) is 9.59 Å². The van der Waals surface area contributed by atoms with Gasteiger partial charge in [-0.2, -0.15) is 13.2 Å². The van der Waals surface area contributed by atoms with Crippen LogP contribution in [0.1, 0.15) is 43.6 Å². The van der Waals surface area contributed by atoms with E-state index >= 15 is 0 Å². The molecule has 2 N–H and O–H groups in total. The van der Waals surface area contributed by atoms with Crippen LogP contribution in [0.2, 0.25) is 0 Å². The molecule has 1 aromatic rings. The van der Waals surface area contributed by atoms with Crippen molar-refractivity contribution in [2.75, 3.05) is 26.2 Å². The average Bonchev–Trinajstić information content (AvgIpc) is 3.07. The van der Waals surface area contributed by atoms with E-state index in [1.165, 1.54) is 11.0 Å². The van der Waals surface area contributed by atoms with Crippen LogP contribution in [0.4, 0.5) is 18.0 Å². The molecule has 0 spiro atoms. The number of amides is 3. The highest BCUT2D eigenvalue weighted by Gasteiger charge is 2.38. The van der Waals surface area contributed by atoms with Crippen LogP contribution >= 0.6 is 0 Å². The number of hydrogen-bond donors (Lipinski definition) is 2. The van der Waals surface area contributed by atoms with Crippen LogP contribution in [-0.2, 0) is 20.4 Å². The maximum Gasteiger partial charge on any atom is 0.416 e. The molecule has 1 aliphatic heterocycles. The molecule has 1 aliphatic rings. The topological polar surface area (TPSA) is 97.0 Å². The number of ether oxygens (including phenoxy) is 2. The fourth-order valence-corrected chi connectivity index (χ4v) is 3.13. The van der Waals surface area contributed by atoms with Crippen molar-refractivity contribution >= 4 is 17.9 Å². The summed E-state index contributed by atoms with van der Waals surface area (Å²) in [5, 5.41) is 4.99. The monoisotopic (exact) mass is 459 g/mol. The van der Waals surface area contributed by atoms with Crippen molar-refractivity contribution in [1.29, 1.82) is 0 Å². The number of nitrogens with one attached hydrogen (secondary N) is 2. The molecule has 1 aromatic carbocycles. The van der Waals surface area contributed by atoms with Crippen molar-refractivity contribution in [3.8, 4) is 0 Å². The fraction of sp³-hybridized carbons (Fsp3) is 0.571. The highest BCUT2D eigenvalue weighted by atomic mass is 19.4. The van der Waals surface area contributed by atoms with Gasteiger partial charge in [0, 0.05) is 18.7 Å². The quantitative estimate of drug-likeness (QED) is 0.682. The summed E-state index contributed by atoms with van der Waals surface area (Å²) < 4.78 is 49.4. The summed E-state index contributed by atoms with van der Waals surface area (Å²) in [5.41, 5.74) is -1.84. The smallest absolute Gasteiger partial charge is 0.416 e. The Hall–Kier alpha value is -2.82. The van der Waals surface area contributed by atoms with E-state index < -0.39 is 53.9 Å². The molecular weight excluding hydrogens is 431 g/mol. The minimum absolute atomic E-state index is 0.160. The Kier molecular flexibility index (Phi) is 8.11. The van der Waals surface area contributed by atoms with Gasteiger partial charge in [0.1, 0.15) is 5.60 Å². The van der Waals surface area contributed by atoms with Gasteiger partial charge in [0.05, 0.1) is 30.8 Å². The Morgan fingerprint density at radius 3 is 2.44 bits per heavy atom. The first kappa shape index (κ1) is 25.4. The van der Waals surface area contributed by atoms with E-state index in [1.54, 1.807) is 27.7 Å². The van der Waals surface area contributed by atoms with E-state index in [1.807, 2.05) is 0 Å². The Morgan fingerprint density at radius 1 is 1.16 bits per heavy atom. The zero-order valence-electron chi connectivity index (χ0n) is 18.4. The summed E-state index contributed by atoms with van der Waals surface area (Å²) in [7, 11) is 0. The number of carbonyl (C=O) groups is 3. The van der Waals surface area contributed by atoms with Gasteiger partial charge in [0.25, 0.3) is 5.91 Å². The van der Waals surface area contributed by atoms with Crippen LogP contribution in [0.5, 0.6) is 0 Å². The van der Waals surface area contributed by atoms with E-state index in [9.17, 15) is 27.6 Å². The summed E-state index contributed by atoms with van der Waals surface area (Å²) in [6.07, 6.45) is -5.57. The molecule has 0 saturated carbocycles. The molecule has 2 rings (SSSR count). The minimum atomic E-state index is -4.58. The molecule has 8 nitrogen and oxygen atoms in total. The van der Waals surface area contributed by atoms with Gasteiger partial charge >= 0.3 is 12.3 Å². The zero-order chi connectivity index (χ0) is 24.1. The number of likely N-dealkylation sites (tertiary alicyclic amines) is 1. The third kappa shape index (κ3) is 7.40. The largest absolute Gasteiger partial charge is 0.444 e. The van der Waals surface area contributed by atoms with E-state index in [2.05, 4.69) is 10.6 Å². The van der Waals surface area contributed by atoms with Gasteiger partial charge in [-0.1, -0.05) is 6.07 Å². The second-order valence-electron chi connectivity index (χ2n) is 8.31. The Morgan fingerprint density at radius 2 is 1.84 bits per heavy atom. The molecular formula is C21H28F3N3O5. The van der Waals surface area contributed by atoms with Crippen LogP contribution in [0.15, 0.2) is 24.3 Å². The molecule has 3 amide bonds. The molecule has 0 bridgehead atoms. The second kappa shape index (κ2) is 10.2. The highest BCUT2D eigenvalue weighted by Crippen LogP contribution is 2.29. The lowest BCUT2D eigenvalue weighted by atomic mass is 10.1. The van der Waals surface area contributed by atoms with Gasteiger partial charge < -0.3 is 25.0 Å². The van der Waals surface area contributed by atoms with Crippen LogP contribution in [0.25, 0.3) is 0 Å². The summed E-state index contributed by atoms with van der Waals surface area (Å²) in [6, 6.07) is 3.39. The number of carbonyl (C=O) groups excluding carboxylic acids is 3. The van der Waals surface area contributed by atoms with Crippen molar-refractivity contribution in [3.63, 3.8) is 0 Å². The van der Waals surface area contributed by atoms with Crippen molar-refractivity contribution < 1.29 is 37.0 Å². The number of alkyl halides is 3. The standard InChI is InChI=1S/C21H28F3N3O5/c1-5-31-16-12-27(19(30)32-20(2,3)4)11-15(16)26-17(28)10-25-18(29)13-7-6-8-14(9-13)21(22,23)24/h6-9,15-16H,5,10-12H2,1-4H3,(H,25,29)(H,26,28). The molecule has 0 radical (unpaired) electrons. The van der Waals surface area contributed by atoms with E-state index in [-0.39, 0.29) is 18.7 Å². The summed E-state index contributed by atoms with van der Waals surface area (Å²) >= 11 is 0. The third-order valence-electron chi connectivity index (χ3n) is 4.51. The minimum Gasteiger partial charge on any atom is -0.444 e. The van der Waals surface area contributed by atoms with Crippen molar-refractivity contribution in [1.82, 2.24) is 15.5 Å². The zero-order valence-corrected chi connectivity index (χ0v) is 18.4. The molecule has 0 aromatic heterocycles. The predicted molar refractivity (Wildman–Crippen MR) is 109 cm³/mol. The Bertz CT molecular complexity index is 839. The SMILES string of the molecule is CCOC1CN(C(=O)OC(C)(C)C)CC1NC(=O)CNC(=O)c1cccc(C(F)(F)F)c1. The molecule has 32 heavy (non-hydrogen) atoms. The highest BCUT2D eigenvalue weighted by molar-refractivity contribution is 5.96. The van der Waals surface area contributed by atoms with Gasteiger partial charge in [-0.05, 0) is 45.9 Å². The fourth-order valence-electron chi connectivity index (χ4n) is 3.13. The normalized spacial score (nSPS) is 18.9. The number of hydrogen-bond acceptors (Lipinski definition) is 5. The molecule has 11 heteroatoms. The first-order valence-electron chi connectivity index (χ1n) is 10.1. The Balaban J connectivity index is 1.93. The molecule has 0 aliphatic carbocycles. The first-order chi connectivity index (χ1) is 14.8. The molecule has 2 atom stereocenters. The van der Waals surface area contributed by atoms with Crippen LogP contribution in [0, 0.1) is 0 Å². The molecule has 178 valence electrons. The van der Waals surface area contributed by atoms with Gasteiger partial charge in [0.2, 0.25) is 5.91 Å². The number of nitrogens with zero attached hydrogens (tertiary/aromatic N) is 1. The number of benzene rings is 1. The van der Waals surface area contributed by atoms with Crippen LogP contribution in [-0.4, -0.2) is 66.8 Å². The Labute approximate surface area is 184 Å². The lowest BCUT2D eigenvalue weighted by molar-refractivity contribution is -0.137. The summed E-state index contributed by atoms with van der Waals surface area (Å²) in [6.45, 7) is 7.32. The maximum absolute atomic E-state index is 12.8. The summed E-state index contributed by atoms with van der Waals surface area (Å²) in [5.74, 6) is -1.37. The van der Waals surface area contributed by atoms with E-state index in [0.717, 1.165) is 12.1 Å². The number of rotatable bonds is 6. The molecule has 1 saturated heterocycles.